The van der Waals surface area contributed by atoms with Crippen molar-refractivity contribution in [2.75, 3.05) is 11.9 Å². The van der Waals surface area contributed by atoms with Crippen LogP contribution in [0.4, 0.5) is 5.82 Å². The quantitative estimate of drug-likeness (QED) is 0.677. The largest absolute Gasteiger partial charge is 0.455 e. The van der Waals surface area contributed by atoms with E-state index in [0.29, 0.717) is 17.3 Å². The number of pyridine rings is 1. The number of carbonyl (C=O) groups excluding carboxylic acids is 2. The first-order chi connectivity index (χ1) is 9.24. The molecule has 0 aliphatic heterocycles. The van der Waals surface area contributed by atoms with Crippen LogP contribution in [0.3, 0.4) is 0 Å². The van der Waals surface area contributed by atoms with Crippen LogP contribution in [0.15, 0.2) is 18.3 Å². The molecule has 1 fully saturated rings. The highest BCUT2D eigenvalue weighted by molar-refractivity contribution is 6.53. The van der Waals surface area contributed by atoms with Crippen molar-refractivity contribution in [2.24, 2.45) is 5.41 Å². The summed E-state index contributed by atoms with van der Waals surface area (Å²) in [6.07, 6.45) is 1.70. The summed E-state index contributed by atoms with van der Waals surface area (Å²) in [6.45, 7) is 1.16. The molecular weight excluding hydrogens is 327 g/mol. The molecule has 1 aliphatic carbocycles. The van der Waals surface area contributed by atoms with Crippen LogP contribution in [0.25, 0.3) is 0 Å². The van der Waals surface area contributed by atoms with Gasteiger partial charge in [0.2, 0.25) is 0 Å². The lowest BCUT2D eigenvalue weighted by atomic mass is 10.1. The number of rotatable bonds is 4. The first-order valence-electron chi connectivity index (χ1n) is 5.71. The molecule has 0 bridgehead atoms. The number of nitrogens with zero attached hydrogens (tertiary/aromatic N) is 1. The van der Waals surface area contributed by atoms with Crippen molar-refractivity contribution in [3.8, 4) is 0 Å². The molecule has 1 N–H and O–H groups in total. The van der Waals surface area contributed by atoms with Crippen LogP contribution >= 0.6 is 34.8 Å². The summed E-state index contributed by atoms with van der Waals surface area (Å²) < 4.78 is 3.78. The molecule has 0 unspecified atom stereocenters. The summed E-state index contributed by atoms with van der Waals surface area (Å²) in [7, 11) is 0. The normalized spacial score (nSPS) is 23.0. The number of nitrogens with one attached hydrogen (secondary N) is 1. The van der Waals surface area contributed by atoms with Gasteiger partial charge in [0.1, 0.15) is 15.6 Å². The van der Waals surface area contributed by atoms with Gasteiger partial charge in [-0.25, -0.2) is 4.98 Å². The van der Waals surface area contributed by atoms with Crippen LogP contribution in [0, 0.1) is 5.41 Å². The lowest BCUT2D eigenvalue weighted by Gasteiger charge is -2.11. The monoisotopic (exact) mass is 336 g/mol. The van der Waals surface area contributed by atoms with Gasteiger partial charge in [-0.3, -0.25) is 9.59 Å². The number of aromatic nitrogens is 1. The zero-order valence-electron chi connectivity index (χ0n) is 10.5. The second-order valence-corrected chi connectivity index (χ2v) is 6.62. The number of amides is 1. The highest BCUT2D eigenvalue weighted by Crippen LogP contribution is 2.64. The molecule has 1 aliphatic rings. The number of alkyl halides is 2. The Morgan fingerprint density at radius 3 is 2.60 bits per heavy atom. The minimum absolute atomic E-state index is 0.308. The van der Waals surface area contributed by atoms with Crippen LogP contribution in [0.2, 0.25) is 5.02 Å². The molecule has 1 saturated carbocycles. The number of hydrogen-bond acceptors (Lipinski definition) is 4. The number of anilines is 1. The van der Waals surface area contributed by atoms with Gasteiger partial charge in [-0.05, 0) is 19.1 Å². The number of carbonyl (C=O) groups is 2. The van der Waals surface area contributed by atoms with E-state index in [1.165, 1.54) is 12.3 Å². The molecule has 1 amide bonds. The molecule has 1 aromatic heterocycles. The predicted molar refractivity (Wildman–Crippen MR) is 76.0 cm³/mol. The fourth-order valence-electron chi connectivity index (χ4n) is 1.54. The van der Waals surface area contributed by atoms with Crippen molar-refractivity contribution in [3.63, 3.8) is 0 Å². The Morgan fingerprint density at radius 2 is 2.10 bits per heavy atom. The second kappa shape index (κ2) is 5.39. The maximum atomic E-state index is 11.7. The van der Waals surface area contributed by atoms with Gasteiger partial charge in [0.15, 0.2) is 6.61 Å². The van der Waals surface area contributed by atoms with Crippen LogP contribution in [-0.2, 0) is 14.3 Å². The molecule has 1 aromatic rings. The Morgan fingerprint density at radius 1 is 1.45 bits per heavy atom. The third-order valence-electron chi connectivity index (χ3n) is 3.04. The van der Waals surface area contributed by atoms with Gasteiger partial charge >= 0.3 is 5.97 Å². The van der Waals surface area contributed by atoms with Gasteiger partial charge in [-0.1, -0.05) is 11.6 Å². The van der Waals surface area contributed by atoms with Crippen LogP contribution in [0.5, 0.6) is 0 Å². The smallest absolute Gasteiger partial charge is 0.315 e. The van der Waals surface area contributed by atoms with Crippen LogP contribution < -0.4 is 5.32 Å². The van der Waals surface area contributed by atoms with E-state index in [0.717, 1.165) is 0 Å². The maximum absolute atomic E-state index is 11.7. The molecule has 0 saturated heterocycles. The summed E-state index contributed by atoms with van der Waals surface area (Å²) in [6, 6.07) is 3.11. The Kier molecular flexibility index (Phi) is 4.14. The first-order valence-corrected chi connectivity index (χ1v) is 6.84. The lowest BCUT2D eigenvalue weighted by molar-refractivity contribution is -0.152. The average Bonchev–Trinajstić information content (AvgIpc) is 2.90. The summed E-state index contributed by atoms with van der Waals surface area (Å²) in [5, 5.41) is 2.92. The molecule has 2 rings (SSSR count). The molecule has 1 atom stereocenters. The van der Waals surface area contributed by atoms with E-state index in [4.69, 9.17) is 39.5 Å². The number of halogens is 3. The Balaban J connectivity index is 1.81. The van der Waals surface area contributed by atoms with Gasteiger partial charge in [0.05, 0.1) is 5.02 Å². The first kappa shape index (κ1) is 15.4. The van der Waals surface area contributed by atoms with Crippen LogP contribution in [0.1, 0.15) is 13.3 Å². The fraction of sp³-hybridized carbons (Fsp3) is 0.417. The third-order valence-corrected chi connectivity index (χ3v) is 4.36. The highest BCUT2D eigenvalue weighted by Gasteiger charge is 2.69. The van der Waals surface area contributed by atoms with E-state index >= 15 is 0 Å². The van der Waals surface area contributed by atoms with Gasteiger partial charge in [-0.15, -0.1) is 23.2 Å². The van der Waals surface area contributed by atoms with E-state index in [9.17, 15) is 9.59 Å². The van der Waals surface area contributed by atoms with Crippen LogP contribution in [-0.4, -0.2) is 27.8 Å². The van der Waals surface area contributed by atoms with Crippen molar-refractivity contribution in [1.82, 2.24) is 4.98 Å². The molecule has 0 spiro atoms. The molecule has 0 aromatic carbocycles. The van der Waals surface area contributed by atoms with Crippen molar-refractivity contribution in [3.05, 3.63) is 23.4 Å². The maximum Gasteiger partial charge on any atom is 0.315 e. The molecule has 20 heavy (non-hydrogen) atoms. The summed E-state index contributed by atoms with van der Waals surface area (Å²) in [5.41, 5.74) is -0.949. The minimum Gasteiger partial charge on any atom is -0.455 e. The Hall–Kier alpha value is -1.04. The van der Waals surface area contributed by atoms with E-state index in [2.05, 4.69) is 10.3 Å². The Bertz CT molecular complexity index is 547. The van der Waals surface area contributed by atoms with Gasteiger partial charge in [0, 0.05) is 12.6 Å². The summed E-state index contributed by atoms with van der Waals surface area (Å²) in [4.78, 5) is 27.2. The van der Waals surface area contributed by atoms with E-state index in [1.54, 1.807) is 13.0 Å². The van der Waals surface area contributed by atoms with Crippen molar-refractivity contribution in [2.45, 2.75) is 17.7 Å². The topological polar surface area (TPSA) is 68.3 Å². The number of ether oxygens (including phenoxy) is 1. The minimum atomic E-state index is -1.11. The Labute approximate surface area is 130 Å². The van der Waals surface area contributed by atoms with Gasteiger partial charge in [0.25, 0.3) is 5.91 Å². The molecular formula is C12H11Cl3N2O3. The van der Waals surface area contributed by atoms with Crippen molar-refractivity contribution in [1.29, 1.82) is 0 Å². The fourth-order valence-corrected chi connectivity index (χ4v) is 2.34. The number of hydrogen-bond donors (Lipinski definition) is 1. The van der Waals surface area contributed by atoms with E-state index in [-0.39, 0.29) is 0 Å². The SMILES string of the molecule is C[C@@]1(C(=O)OCC(=O)Nc2ccc(Cl)cn2)CC1(Cl)Cl. The summed E-state index contributed by atoms with van der Waals surface area (Å²) in [5.74, 6) is -0.786. The average molecular weight is 338 g/mol. The predicted octanol–water partition coefficient (Wildman–Crippen LogP) is 2.80. The molecule has 1 heterocycles. The third kappa shape index (κ3) is 3.16. The second-order valence-electron chi connectivity index (χ2n) is 4.70. The zero-order chi connectivity index (χ0) is 15.0. The molecule has 5 nitrogen and oxygen atoms in total. The van der Waals surface area contributed by atoms with E-state index in [1.807, 2.05) is 0 Å². The standard InChI is InChI=1S/C12H11Cl3N2O3/c1-11(6-12(11,14)15)10(19)20-5-9(18)17-8-3-2-7(13)4-16-8/h2-4H,5-6H2,1H3,(H,16,17,18)/t11-/m0/s1. The van der Waals surface area contributed by atoms with Crippen molar-refractivity contribution < 1.29 is 14.3 Å². The van der Waals surface area contributed by atoms with E-state index < -0.39 is 28.2 Å². The zero-order valence-corrected chi connectivity index (χ0v) is 12.7. The highest BCUT2D eigenvalue weighted by atomic mass is 35.5. The molecule has 0 radical (unpaired) electrons. The lowest BCUT2D eigenvalue weighted by Crippen LogP contribution is -2.27. The van der Waals surface area contributed by atoms with Gasteiger partial charge < -0.3 is 10.1 Å². The van der Waals surface area contributed by atoms with Crippen molar-refractivity contribution >= 4 is 52.5 Å². The van der Waals surface area contributed by atoms with Gasteiger partial charge in [-0.2, -0.15) is 0 Å². The molecule has 8 heteroatoms. The summed E-state index contributed by atoms with van der Waals surface area (Å²) >= 11 is 17.4. The number of esters is 1. The molecule has 108 valence electrons.